The van der Waals surface area contributed by atoms with E-state index in [0.717, 1.165) is 10.9 Å². The number of amides is 1. The Balaban J connectivity index is 1.72. The average molecular weight is 270 g/mol. The highest BCUT2D eigenvalue weighted by Crippen LogP contribution is 2.17. The van der Waals surface area contributed by atoms with Crippen molar-refractivity contribution in [1.82, 2.24) is 10.3 Å². The largest absolute Gasteiger partial charge is 0.467 e. The molecule has 102 valence electrons. The lowest BCUT2D eigenvalue weighted by atomic mass is 10.1. The lowest BCUT2D eigenvalue weighted by molar-refractivity contribution is 0.0902. The summed E-state index contributed by atoms with van der Waals surface area (Å²) in [6.07, 6.45) is 2.43. The van der Waals surface area contributed by atoms with Crippen molar-refractivity contribution in [2.45, 2.75) is 6.10 Å². The second-order valence-electron chi connectivity index (χ2n) is 4.49. The van der Waals surface area contributed by atoms with Gasteiger partial charge in [0.15, 0.2) is 0 Å². The van der Waals surface area contributed by atoms with Crippen molar-refractivity contribution in [1.29, 1.82) is 0 Å². The number of rotatable bonds is 4. The van der Waals surface area contributed by atoms with Crippen LogP contribution in [0.25, 0.3) is 10.9 Å². The molecule has 5 nitrogen and oxygen atoms in total. The molecule has 0 saturated heterocycles. The zero-order chi connectivity index (χ0) is 13.9. The number of nitrogens with one attached hydrogen (secondary N) is 2. The Bertz CT molecular complexity index is 716. The minimum Gasteiger partial charge on any atom is -0.467 e. The summed E-state index contributed by atoms with van der Waals surface area (Å²) < 4.78 is 5.08. The minimum atomic E-state index is -0.850. The molecule has 0 fully saturated rings. The summed E-state index contributed by atoms with van der Waals surface area (Å²) in [6.45, 7) is 0.101. The summed E-state index contributed by atoms with van der Waals surface area (Å²) in [5.41, 5.74) is 1.34. The first-order chi connectivity index (χ1) is 9.75. The highest BCUT2D eigenvalue weighted by Gasteiger charge is 2.14. The van der Waals surface area contributed by atoms with Gasteiger partial charge in [0.1, 0.15) is 11.9 Å². The molecule has 0 saturated carbocycles. The second-order valence-corrected chi connectivity index (χ2v) is 4.49. The maximum Gasteiger partial charge on any atom is 0.253 e. The van der Waals surface area contributed by atoms with E-state index < -0.39 is 6.10 Å². The molecule has 2 heterocycles. The van der Waals surface area contributed by atoms with Crippen LogP contribution in [0.2, 0.25) is 0 Å². The maximum atomic E-state index is 12.2. The monoisotopic (exact) mass is 270 g/mol. The quantitative estimate of drug-likeness (QED) is 0.680. The van der Waals surface area contributed by atoms with E-state index in [1.54, 1.807) is 24.4 Å². The third kappa shape index (κ3) is 2.31. The number of benzene rings is 1. The van der Waals surface area contributed by atoms with Crippen LogP contribution in [0.15, 0.2) is 53.3 Å². The Morgan fingerprint density at radius 3 is 3.00 bits per heavy atom. The number of hydrogen-bond donors (Lipinski definition) is 3. The van der Waals surface area contributed by atoms with Gasteiger partial charge in [-0.15, -0.1) is 0 Å². The molecule has 1 aromatic carbocycles. The summed E-state index contributed by atoms with van der Waals surface area (Å²) >= 11 is 0. The molecule has 0 spiro atoms. The van der Waals surface area contributed by atoms with Crippen LogP contribution < -0.4 is 5.32 Å². The fraction of sp³-hybridized carbons (Fsp3) is 0.133. The predicted molar refractivity (Wildman–Crippen MR) is 74.3 cm³/mol. The molecule has 0 aliphatic rings. The third-order valence-corrected chi connectivity index (χ3v) is 3.16. The summed E-state index contributed by atoms with van der Waals surface area (Å²) in [5, 5.41) is 13.5. The first-order valence-corrected chi connectivity index (χ1v) is 6.31. The molecular weight excluding hydrogens is 256 g/mol. The molecule has 3 rings (SSSR count). The number of aromatic nitrogens is 1. The van der Waals surface area contributed by atoms with E-state index in [9.17, 15) is 9.90 Å². The Kier molecular flexibility index (Phi) is 3.26. The van der Waals surface area contributed by atoms with E-state index >= 15 is 0 Å². The number of aliphatic hydroxyl groups excluding tert-OH is 1. The number of aromatic amines is 1. The van der Waals surface area contributed by atoms with Crippen LogP contribution in [0.3, 0.4) is 0 Å². The number of H-pyrrole nitrogens is 1. The Morgan fingerprint density at radius 2 is 2.20 bits per heavy atom. The standard InChI is InChI=1S/C15H14N2O3/c18-12(13-5-2-8-20-13)9-17-15(19)11-4-1-3-10-6-7-16-14(10)11/h1-8,12,16,18H,9H2,(H,17,19). The molecule has 0 aliphatic heterocycles. The van der Waals surface area contributed by atoms with Gasteiger partial charge in [-0.3, -0.25) is 4.79 Å². The van der Waals surface area contributed by atoms with Crippen molar-refractivity contribution >= 4 is 16.8 Å². The lowest BCUT2D eigenvalue weighted by Crippen LogP contribution is -2.28. The van der Waals surface area contributed by atoms with E-state index in [1.807, 2.05) is 18.2 Å². The van der Waals surface area contributed by atoms with Gasteiger partial charge < -0.3 is 19.8 Å². The fourth-order valence-corrected chi connectivity index (χ4v) is 2.14. The number of furan rings is 1. The van der Waals surface area contributed by atoms with Gasteiger partial charge in [-0.25, -0.2) is 0 Å². The first-order valence-electron chi connectivity index (χ1n) is 6.31. The smallest absolute Gasteiger partial charge is 0.253 e. The number of carbonyl (C=O) groups is 1. The SMILES string of the molecule is O=C(NCC(O)c1ccco1)c1cccc2cc[nH]c12. The van der Waals surface area contributed by atoms with Gasteiger partial charge in [-0.2, -0.15) is 0 Å². The Hall–Kier alpha value is -2.53. The molecule has 20 heavy (non-hydrogen) atoms. The Morgan fingerprint density at radius 1 is 1.30 bits per heavy atom. The zero-order valence-electron chi connectivity index (χ0n) is 10.7. The number of hydrogen-bond acceptors (Lipinski definition) is 3. The first kappa shape index (κ1) is 12.5. The van der Waals surface area contributed by atoms with Gasteiger partial charge in [-0.05, 0) is 24.3 Å². The van der Waals surface area contributed by atoms with Crippen LogP contribution in [0.5, 0.6) is 0 Å². The molecule has 5 heteroatoms. The van der Waals surface area contributed by atoms with Crippen LogP contribution in [-0.4, -0.2) is 22.5 Å². The van der Waals surface area contributed by atoms with Gasteiger partial charge in [0, 0.05) is 11.6 Å². The van der Waals surface area contributed by atoms with Crippen LogP contribution in [-0.2, 0) is 0 Å². The van der Waals surface area contributed by atoms with Crippen molar-refractivity contribution in [2.75, 3.05) is 6.54 Å². The van der Waals surface area contributed by atoms with E-state index in [-0.39, 0.29) is 12.5 Å². The van der Waals surface area contributed by atoms with Crippen molar-refractivity contribution in [3.8, 4) is 0 Å². The summed E-state index contributed by atoms with van der Waals surface area (Å²) in [6, 6.07) is 10.8. The number of fused-ring (bicyclic) bond motifs is 1. The van der Waals surface area contributed by atoms with Crippen molar-refractivity contribution < 1.29 is 14.3 Å². The fourth-order valence-electron chi connectivity index (χ4n) is 2.14. The van der Waals surface area contributed by atoms with Crippen LogP contribution in [0.1, 0.15) is 22.2 Å². The van der Waals surface area contributed by atoms with E-state index in [2.05, 4.69) is 10.3 Å². The molecule has 2 aromatic heterocycles. The molecule has 0 radical (unpaired) electrons. The van der Waals surface area contributed by atoms with Crippen LogP contribution >= 0.6 is 0 Å². The van der Waals surface area contributed by atoms with Crippen molar-refractivity contribution in [3.63, 3.8) is 0 Å². The molecule has 3 aromatic rings. The molecule has 3 N–H and O–H groups in total. The molecule has 1 amide bonds. The second kappa shape index (κ2) is 5.22. The van der Waals surface area contributed by atoms with Gasteiger partial charge in [-0.1, -0.05) is 12.1 Å². The average Bonchev–Trinajstić information content (AvgIpc) is 3.13. The molecule has 0 bridgehead atoms. The highest BCUT2D eigenvalue weighted by molar-refractivity contribution is 6.05. The van der Waals surface area contributed by atoms with E-state index in [0.29, 0.717) is 11.3 Å². The number of carbonyl (C=O) groups excluding carboxylic acids is 1. The molecule has 1 atom stereocenters. The van der Waals surface area contributed by atoms with Crippen LogP contribution in [0, 0.1) is 0 Å². The predicted octanol–water partition coefficient (Wildman–Crippen LogP) is 2.22. The van der Waals surface area contributed by atoms with Crippen molar-refractivity contribution in [2.24, 2.45) is 0 Å². The molecular formula is C15H14N2O3. The zero-order valence-corrected chi connectivity index (χ0v) is 10.7. The minimum absolute atomic E-state index is 0.101. The van der Waals surface area contributed by atoms with Gasteiger partial charge in [0.2, 0.25) is 0 Å². The number of para-hydroxylation sites is 1. The normalized spacial score (nSPS) is 12.4. The van der Waals surface area contributed by atoms with E-state index in [1.165, 1.54) is 6.26 Å². The van der Waals surface area contributed by atoms with Crippen LogP contribution in [0.4, 0.5) is 0 Å². The molecule has 0 aliphatic carbocycles. The maximum absolute atomic E-state index is 12.2. The van der Waals surface area contributed by atoms with Gasteiger partial charge in [0.05, 0.1) is 23.9 Å². The summed E-state index contributed by atoms with van der Waals surface area (Å²) in [4.78, 5) is 15.2. The molecule has 1 unspecified atom stereocenters. The van der Waals surface area contributed by atoms with Gasteiger partial charge in [0.25, 0.3) is 5.91 Å². The lowest BCUT2D eigenvalue weighted by Gasteiger charge is -2.10. The number of aliphatic hydroxyl groups is 1. The highest BCUT2D eigenvalue weighted by atomic mass is 16.4. The summed E-state index contributed by atoms with van der Waals surface area (Å²) in [5.74, 6) is 0.201. The Labute approximate surface area is 115 Å². The van der Waals surface area contributed by atoms with Gasteiger partial charge >= 0.3 is 0 Å². The third-order valence-electron chi connectivity index (χ3n) is 3.16. The van der Waals surface area contributed by atoms with Crippen molar-refractivity contribution in [3.05, 3.63) is 60.2 Å². The summed E-state index contributed by atoms with van der Waals surface area (Å²) in [7, 11) is 0. The topological polar surface area (TPSA) is 78.3 Å². The van der Waals surface area contributed by atoms with E-state index in [4.69, 9.17) is 4.42 Å².